The largest absolute Gasteiger partial charge is 0.496 e. The summed E-state index contributed by atoms with van der Waals surface area (Å²) in [4.78, 5) is 21.6. The zero-order chi connectivity index (χ0) is 16.0. The van der Waals surface area contributed by atoms with E-state index in [2.05, 4.69) is 4.74 Å². The summed E-state index contributed by atoms with van der Waals surface area (Å²) in [5.74, 6) is -0.342. The molecule has 0 heterocycles. The van der Waals surface area contributed by atoms with Gasteiger partial charge in [-0.2, -0.15) is 0 Å². The van der Waals surface area contributed by atoms with Gasteiger partial charge >= 0.3 is 5.97 Å². The highest BCUT2D eigenvalue weighted by Gasteiger charge is 2.18. The molecule has 0 saturated carbocycles. The molecular formula is C13H17NO6S. The minimum atomic E-state index is -1.33. The van der Waals surface area contributed by atoms with Gasteiger partial charge in [-0.25, -0.2) is 0 Å². The first-order valence-corrected chi connectivity index (χ1v) is 7.61. The number of nitrogens with zero attached hydrogens (tertiary/aromatic N) is 1. The summed E-state index contributed by atoms with van der Waals surface area (Å²) in [6, 6.07) is 4.24. The van der Waals surface area contributed by atoms with Crippen molar-refractivity contribution in [2.45, 2.75) is 12.7 Å². The number of carbonyl (C=O) groups excluding carboxylic acids is 1. The molecule has 21 heavy (non-hydrogen) atoms. The van der Waals surface area contributed by atoms with Crippen LogP contribution in [0.5, 0.6) is 5.75 Å². The van der Waals surface area contributed by atoms with Gasteiger partial charge in [0.05, 0.1) is 31.1 Å². The van der Waals surface area contributed by atoms with Crippen LogP contribution in [-0.4, -0.2) is 35.1 Å². The molecule has 116 valence electrons. The maximum absolute atomic E-state index is 12.0. The van der Waals surface area contributed by atoms with Gasteiger partial charge in [0, 0.05) is 28.4 Å². The molecule has 1 aromatic rings. The van der Waals surface area contributed by atoms with Crippen LogP contribution in [0.15, 0.2) is 18.2 Å². The summed E-state index contributed by atoms with van der Waals surface area (Å²) < 4.78 is 21.6. The standard InChI is InChI=1S/C13H17NO6S/c1-9(13(15)20-3)7-21(18)8-10-4-11(14(16)17)6-12(5-10)19-2/h4-6,9H,7-8H2,1-3H3. The average Bonchev–Trinajstić information content (AvgIpc) is 2.45. The van der Waals surface area contributed by atoms with Crippen LogP contribution >= 0.6 is 0 Å². The molecule has 0 aliphatic carbocycles. The van der Waals surface area contributed by atoms with Crippen molar-refractivity contribution in [3.05, 3.63) is 33.9 Å². The van der Waals surface area contributed by atoms with Crippen LogP contribution < -0.4 is 4.74 Å². The number of carbonyl (C=O) groups is 1. The summed E-state index contributed by atoms with van der Waals surface area (Å²) in [5, 5.41) is 10.8. The van der Waals surface area contributed by atoms with Crippen LogP contribution in [0.25, 0.3) is 0 Å². The Labute approximate surface area is 124 Å². The van der Waals surface area contributed by atoms with E-state index in [1.54, 1.807) is 13.0 Å². The topological polar surface area (TPSA) is 95.7 Å². The maximum Gasteiger partial charge on any atom is 0.309 e. The Morgan fingerprint density at radius 3 is 2.57 bits per heavy atom. The second kappa shape index (κ2) is 7.72. The van der Waals surface area contributed by atoms with Crippen LogP contribution in [0.4, 0.5) is 5.69 Å². The Balaban J connectivity index is 2.82. The Morgan fingerprint density at radius 2 is 2.05 bits per heavy atom. The lowest BCUT2D eigenvalue weighted by atomic mass is 10.2. The smallest absolute Gasteiger partial charge is 0.309 e. The molecule has 0 amide bonds. The van der Waals surface area contributed by atoms with Crippen molar-refractivity contribution >= 4 is 22.5 Å². The predicted octanol–water partition coefficient (Wildman–Crippen LogP) is 1.66. The van der Waals surface area contributed by atoms with E-state index in [4.69, 9.17) is 4.74 Å². The number of esters is 1. The lowest BCUT2D eigenvalue weighted by Crippen LogP contribution is -2.20. The number of hydrogen-bond acceptors (Lipinski definition) is 6. The number of hydrogen-bond donors (Lipinski definition) is 0. The highest BCUT2D eigenvalue weighted by Crippen LogP contribution is 2.23. The second-order valence-corrected chi connectivity index (χ2v) is 5.97. The summed E-state index contributed by atoms with van der Waals surface area (Å²) in [7, 11) is 1.34. The van der Waals surface area contributed by atoms with Crippen LogP contribution in [-0.2, 0) is 26.1 Å². The van der Waals surface area contributed by atoms with E-state index in [9.17, 15) is 19.1 Å². The lowest BCUT2D eigenvalue weighted by Gasteiger charge is -2.09. The van der Waals surface area contributed by atoms with E-state index in [0.717, 1.165) is 0 Å². The van der Waals surface area contributed by atoms with Crippen molar-refractivity contribution in [3.8, 4) is 5.75 Å². The molecule has 7 nitrogen and oxygen atoms in total. The molecule has 1 aromatic carbocycles. The molecule has 0 bridgehead atoms. The van der Waals surface area contributed by atoms with Crippen molar-refractivity contribution in [3.63, 3.8) is 0 Å². The fourth-order valence-corrected chi connectivity index (χ4v) is 3.09. The van der Waals surface area contributed by atoms with Crippen molar-refractivity contribution in [2.24, 2.45) is 5.92 Å². The summed E-state index contributed by atoms with van der Waals surface area (Å²) in [6.07, 6.45) is 0. The van der Waals surface area contributed by atoms with Gasteiger partial charge in [-0.3, -0.25) is 19.1 Å². The van der Waals surface area contributed by atoms with Gasteiger partial charge in [-0.1, -0.05) is 6.92 Å². The predicted molar refractivity (Wildman–Crippen MR) is 77.5 cm³/mol. The third kappa shape index (κ3) is 5.14. The molecule has 0 radical (unpaired) electrons. The third-order valence-corrected chi connectivity index (χ3v) is 4.29. The van der Waals surface area contributed by atoms with E-state index < -0.39 is 27.6 Å². The molecule has 0 saturated heterocycles. The second-order valence-electron chi connectivity index (χ2n) is 4.47. The molecule has 0 spiro atoms. The van der Waals surface area contributed by atoms with E-state index in [0.29, 0.717) is 11.3 Å². The Bertz CT molecular complexity index is 560. The number of nitro benzene ring substituents is 1. The summed E-state index contributed by atoms with van der Waals surface area (Å²) >= 11 is 0. The molecule has 0 fully saturated rings. The van der Waals surface area contributed by atoms with Crippen LogP contribution in [0.1, 0.15) is 12.5 Å². The van der Waals surface area contributed by atoms with Gasteiger partial charge in [-0.15, -0.1) is 0 Å². The van der Waals surface area contributed by atoms with Crippen molar-refractivity contribution < 1.29 is 23.4 Å². The van der Waals surface area contributed by atoms with Crippen molar-refractivity contribution in [2.75, 3.05) is 20.0 Å². The zero-order valence-electron chi connectivity index (χ0n) is 12.0. The van der Waals surface area contributed by atoms with E-state index in [1.807, 2.05) is 0 Å². The normalized spacial score (nSPS) is 13.3. The molecule has 8 heteroatoms. The number of rotatable bonds is 7. The Hall–Kier alpha value is -1.96. The van der Waals surface area contributed by atoms with Crippen LogP contribution in [0.2, 0.25) is 0 Å². The number of nitro groups is 1. The van der Waals surface area contributed by atoms with Crippen molar-refractivity contribution in [1.29, 1.82) is 0 Å². The first-order chi connectivity index (χ1) is 9.87. The first kappa shape index (κ1) is 17.1. The van der Waals surface area contributed by atoms with Gasteiger partial charge in [0.25, 0.3) is 5.69 Å². The fraction of sp³-hybridized carbons (Fsp3) is 0.462. The van der Waals surface area contributed by atoms with Crippen molar-refractivity contribution in [1.82, 2.24) is 0 Å². The Morgan fingerprint density at radius 1 is 1.38 bits per heavy atom. The zero-order valence-corrected chi connectivity index (χ0v) is 12.8. The van der Waals surface area contributed by atoms with E-state index in [1.165, 1.54) is 26.4 Å². The van der Waals surface area contributed by atoms with Gasteiger partial charge in [0.15, 0.2) is 0 Å². The molecule has 0 aliphatic rings. The minimum Gasteiger partial charge on any atom is -0.496 e. The van der Waals surface area contributed by atoms with Gasteiger partial charge in [-0.05, 0) is 11.6 Å². The van der Waals surface area contributed by atoms with Gasteiger partial charge < -0.3 is 9.47 Å². The van der Waals surface area contributed by atoms with Gasteiger partial charge in [0.1, 0.15) is 5.75 Å². The number of non-ortho nitro benzene ring substituents is 1. The molecule has 0 aliphatic heterocycles. The molecule has 0 N–H and O–H groups in total. The van der Waals surface area contributed by atoms with Gasteiger partial charge in [0.2, 0.25) is 0 Å². The van der Waals surface area contributed by atoms with Crippen LogP contribution in [0.3, 0.4) is 0 Å². The average molecular weight is 315 g/mol. The fourth-order valence-electron chi connectivity index (χ4n) is 1.74. The quantitative estimate of drug-likeness (QED) is 0.431. The molecule has 0 aromatic heterocycles. The lowest BCUT2D eigenvalue weighted by molar-refractivity contribution is -0.385. The Kier molecular flexibility index (Phi) is 6.29. The molecular weight excluding hydrogens is 298 g/mol. The minimum absolute atomic E-state index is 0.110. The highest BCUT2D eigenvalue weighted by molar-refractivity contribution is 7.84. The monoisotopic (exact) mass is 315 g/mol. The van der Waals surface area contributed by atoms with Crippen LogP contribution in [0, 0.1) is 16.0 Å². The van der Waals surface area contributed by atoms with E-state index in [-0.39, 0.29) is 17.2 Å². The molecule has 1 rings (SSSR count). The SMILES string of the molecule is COC(=O)C(C)CS(=O)Cc1cc(OC)cc([N+](=O)[O-])c1. The highest BCUT2D eigenvalue weighted by atomic mass is 32.2. The molecule has 2 atom stereocenters. The third-order valence-electron chi connectivity index (χ3n) is 2.76. The number of benzene rings is 1. The molecule has 2 unspecified atom stereocenters. The number of methoxy groups -OCH3 is 2. The maximum atomic E-state index is 12.0. The summed E-state index contributed by atoms with van der Waals surface area (Å²) in [6.45, 7) is 1.62. The van der Waals surface area contributed by atoms with E-state index >= 15 is 0 Å². The summed E-state index contributed by atoms with van der Waals surface area (Å²) in [5.41, 5.74) is 0.402. The first-order valence-electron chi connectivity index (χ1n) is 6.12. The number of ether oxygens (including phenoxy) is 2.